The molecule has 1 unspecified atom stereocenters. The van der Waals surface area contributed by atoms with Gasteiger partial charge in [0.25, 0.3) is 0 Å². The molecule has 0 aliphatic carbocycles. The van der Waals surface area contributed by atoms with E-state index in [0.717, 1.165) is 22.5 Å². The number of nitrogen functional groups attached to an aromatic ring is 1. The summed E-state index contributed by atoms with van der Waals surface area (Å²) in [6.45, 7) is 1.85. The fourth-order valence-electron chi connectivity index (χ4n) is 2.35. The van der Waals surface area contributed by atoms with Crippen LogP contribution in [0.4, 0.5) is 9.93 Å². The number of urea groups is 1. The largest absolute Gasteiger partial charge is 0.375 e. The van der Waals surface area contributed by atoms with E-state index in [0.29, 0.717) is 10.2 Å². The SMILES string of the molecule is CC1=C(c2csc(N)n2)C(c2ccc(Cl)cc2)NC(=O)N1. The zero-order valence-corrected chi connectivity index (χ0v) is 12.8. The van der Waals surface area contributed by atoms with Crippen LogP contribution >= 0.6 is 22.9 Å². The lowest BCUT2D eigenvalue weighted by Gasteiger charge is -2.28. The Kier molecular flexibility index (Phi) is 3.57. The van der Waals surface area contributed by atoms with Crippen molar-refractivity contribution >= 4 is 39.7 Å². The second-order valence-corrected chi connectivity index (χ2v) is 6.02. The minimum Gasteiger partial charge on any atom is -0.375 e. The Labute approximate surface area is 130 Å². The third kappa shape index (κ3) is 2.72. The number of benzene rings is 1. The molecule has 2 aromatic rings. The minimum absolute atomic E-state index is 0.237. The molecule has 1 aromatic heterocycles. The van der Waals surface area contributed by atoms with Gasteiger partial charge in [0.2, 0.25) is 0 Å². The molecular weight excluding hydrogens is 308 g/mol. The Morgan fingerprint density at radius 2 is 2.05 bits per heavy atom. The molecule has 108 valence electrons. The second-order valence-electron chi connectivity index (χ2n) is 4.69. The van der Waals surface area contributed by atoms with Crippen molar-refractivity contribution in [2.75, 3.05) is 5.73 Å². The number of amides is 2. The quantitative estimate of drug-likeness (QED) is 0.795. The van der Waals surface area contributed by atoms with Gasteiger partial charge in [0.1, 0.15) is 0 Å². The molecule has 0 fully saturated rings. The van der Waals surface area contributed by atoms with Crippen LogP contribution in [0.2, 0.25) is 5.02 Å². The van der Waals surface area contributed by atoms with E-state index < -0.39 is 0 Å². The Morgan fingerprint density at radius 3 is 2.67 bits per heavy atom. The van der Waals surface area contributed by atoms with Crippen LogP contribution in [-0.4, -0.2) is 11.0 Å². The third-order valence-electron chi connectivity index (χ3n) is 3.27. The number of rotatable bonds is 2. The predicted octanol–water partition coefficient (Wildman–Crippen LogP) is 3.16. The molecule has 0 spiro atoms. The molecule has 0 saturated carbocycles. The van der Waals surface area contributed by atoms with Gasteiger partial charge in [-0.25, -0.2) is 9.78 Å². The molecule has 1 aromatic carbocycles. The molecule has 1 atom stereocenters. The molecule has 7 heteroatoms. The fraction of sp³-hybridized carbons (Fsp3) is 0.143. The molecule has 0 saturated heterocycles. The van der Waals surface area contributed by atoms with Gasteiger partial charge in [0.15, 0.2) is 5.13 Å². The first-order valence-corrected chi connectivity index (χ1v) is 7.55. The van der Waals surface area contributed by atoms with Crippen molar-refractivity contribution in [3.8, 4) is 0 Å². The van der Waals surface area contributed by atoms with E-state index in [2.05, 4.69) is 15.6 Å². The van der Waals surface area contributed by atoms with Crippen LogP contribution in [0.3, 0.4) is 0 Å². The molecule has 2 amide bonds. The van der Waals surface area contributed by atoms with Crippen molar-refractivity contribution < 1.29 is 4.79 Å². The lowest BCUT2D eigenvalue weighted by atomic mass is 9.94. The summed E-state index contributed by atoms with van der Waals surface area (Å²) in [7, 11) is 0. The lowest BCUT2D eigenvalue weighted by Crippen LogP contribution is -2.42. The van der Waals surface area contributed by atoms with Crippen LogP contribution < -0.4 is 16.4 Å². The number of allylic oxidation sites excluding steroid dienone is 1. The number of halogens is 1. The fourth-order valence-corrected chi connectivity index (χ4v) is 3.04. The monoisotopic (exact) mass is 320 g/mol. The summed E-state index contributed by atoms with van der Waals surface area (Å²) in [5.74, 6) is 0. The third-order valence-corrected chi connectivity index (χ3v) is 4.20. The number of carbonyl (C=O) groups excluding carboxylic acids is 1. The second kappa shape index (κ2) is 5.38. The molecule has 2 heterocycles. The van der Waals surface area contributed by atoms with Gasteiger partial charge in [0.05, 0.1) is 11.7 Å². The molecule has 0 radical (unpaired) electrons. The average molecular weight is 321 g/mol. The maximum absolute atomic E-state index is 11.8. The van der Waals surface area contributed by atoms with Gasteiger partial charge in [-0.3, -0.25) is 0 Å². The number of hydrogen-bond acceptors (Lipinski definition) is 4. The van der Waals surface area contributed by atoms with Gasteiger partial charge in [0, 0.05) is 21.7 Å². The van der Waals surface area contributed by atoms with E-state index in [1.165, 1.54) is 11.3 Å². The van der Waals surface area contributed by atoms with Gasteiger partial charge in [-0.2, -0.15) is 0 Å². The zero-order valence-electron chi connectivity index (χ0n) is 11.2. The van der Waals surface area contributed by atoms with Crippen LogP contribution in [0.5, 0.6) is 0 Å². The summed E-state index contributed by atoms with van der Waals surface area (Å²) in [6, 6.07) is 6.86. The normalized spacial score (nSPS) is 18.4. The summed E-state index contributed by atoms with van der Waals surface area (Å²) in [6.07, 6.45) is 0. The van der Waals surface area contributed by atoms with Gasteiger partial charge in [-0.05, 0) is 24.6 Å². The Morgan fingerprint density at radius 1 is 1.33 bits per heavy atom. The van der Waals surface area contributed by atoms with Crippen LogP contribution in [0.1, 0.15) is 24.2 Å². The van der Waals surface area contributed by atoms with Crippen LogP contribution in [0.15, 0.2) is 35.3 Å². The number of thiazole rings is 1. The van der Waals surface area contributed by atoms with Gasteiger partial charge in [-0.1, -0.05) is 23.7 Å². The van der Waals surface area contributed by atoms with Crippen molar-refractivity contribution in [1.82, 2.24) is 15.6 Å². The summed E-state index contributed by atoms with van der Waals surface area (Å²) in [5, 5.41) is 8.72. The number of hydrogen-bond donors (Lipinski definition) is 3. The summed E-state index contributed by atoms with van der Waals surface area (Å²) in [5.41, 5.74) is 9.10. The predicted molar refractivity (Wildman–Crippen MR) is 85.0 cm³/mol. The maximum atomic E-state index is 11.8. The van der Waals surface area contributed by atoms with E-state index in [1.54, 1.807) is 12.1 Å². The summed E-state index contributed by atoms with van der Waals surface area (Å²) >= 11 is 7.30. The van der Waals surface area contributed by atoms with Crippen LogP contribution in [0, 0.1) is 0 Å². The minimum atomic E-state index is -0.280. The highest BCUT2D eigenvalue weighted by Gasteiger charge is 2.28. The van der Waals surface area contributed by atoms with E-state index in [-0.39, 0.29) is 12.1 Å². The standard InChI is InChI=1S/C14H13ClN4OS/c1-7-11(10-6-21-13(16)18-10)12(19-14(20)17-7)8-2-4-9(15)5-3-8/h2-6,12H,1H3,(H2,16,18)(H2,17,19,20). The molecule has 3 rings (SSSR count). The Balaban J connectivity index is 2.09. The van der Waals surface area contributed by atoms with E-state index in [4.69, 9.17) is 17.3 Å². The van der Waals surface area contributed by atoms with Crippen LogP contribution in [0.25, 0.3) is 5.57 Å². The number of aromatic nitrogens is 1. The number of nitrogens with zero attached hydrogens (tertiary/aromatic N) is 1. The highest BCUT2D eigenvalue weighted by atomic mass is 35.5. The molecule has 21 heavy (non-hydrogen) atoms. The Bertz CT molecular complexity index is 723. The van der Waals surface area contributed by atoms with Gasteiger partial charge < -0.3 is 16.4 Å². The van der Waals surface area contributed by atoms with E-state index >= 15 is 0 Å². The van der Waals surface area contributed by atoms with Gasteiger partial charge >= 0.3 is 6.03 Å². The number of nitrogens with one attached hydrogen (secondary N) is 2. The lowest BCUT2D eigenvalue weighted by molar-refractivity contribution is 0.240. The van der Waals surface area contributed by atoms with Crippen molar-refractivity contribution in [2.45, 2.75) is 13.0 Å². The molecule has 1 aliphatic rings. The van der Waals surface area contributed by atoms with Crippen molar-refractivity contribution in [3.63, 3.8) is 0 Å². The molecule has 0 bridgehead atoms. The van der Waals surface area contributed by atoms with Crippen molar-refractivity contribution in [2.24, 2.45) is 0 Å². The van der Waals surface area contributed by atoms with E-state index in [9.17, 15) is 4.79 Å². The molecule has 5 nitrogen and oxygen atoms in total. The van der Waals surface area contributed by atoms with Crippen molar-refractivity contribution in [1.29, 1.82) is 0 Å². The van der Waals surface area contributed by atoms with Gasteiger partial charge in [-0.15, -0.1) is 11.3 Å². The Hall–Kier alpha value is -2.05. The van der Waals surface area contributed by atoms with E-state index in [1.807, 2.05) is 24.4 Å². The first-order chi connectivity index (χ1) is 10.0. The summed E-state index contributed by atoms with van der Waals surface area (Å²) in [4.78, 5) is 16.1. The smallest absolute Gasteiger partial charge is 0.319 e. The molecule has 1 aliphatic heterocycles. The topological polar surface area (TPSA) is 80.0 Å². The first kappa shape index (κ1) is 13.9. The van der Waals surface area contributed by atoms with Crippen LogP contribution in [-0.2, 0) is 0 Å². The molecular formula is C14H13ClN4OS. The summed E-state index contributed by atoms with van der Waals surface area (Å²) < 4.78 is 0. The first-order valence-electron chi connectivity index (χ1n) is 6.29. The number of anilines is 1. The van der Waals surface area contributed by atoms with Crippen molar-refractivity contribution in [3.05, 3.63) is 51.6 Å². The highest BCUT2D eigenvalue weighted by Crippen LogP contribution is 2.35. The number of carbonyl (C=O) groups is 1. The number of nitrogens with two attached hydrogens (primary N) is 1. The molecule has 4 N–H and O–H groups in total. The zero-order chi connectivity index (χ0) is 15.0. The highest BCUT2D eigenvalue weighted by molar-refractivity contribution is 7.13. The average Bonchev–Trinajstić information content (AvgIpc) is 2.85. The maximum Gasteiger partial charge on any atom is 0.319 e.